The number of anilines is 7. The second-order valence-corrected chi connectivity index (χ2v) is 12.3. The van der Waals surface area contributed by atoms with Crippen molar-refractivity contribution < 1.29 is 0 Å². The topological polar surface area (TPSA) is 38.7 Å². The largest absolute Gasteiger partial charge is 0.352 e. The lowest BCUT2D eigenvalue weighted by atomic mass is 9.77. The molecule has 4 heterocycles. The Kier molecular flexibility index (Phi) is 6.59. The van der Waals surface area contributed by atoms with Crippen molar-refractivity contribution in [3.05, 3.63) is 133 Å². The first-order valence-electron chi connectivity index (χ1n) is 16.0. The second kappa shape index (κ2) is 10.8. The molecule has 0 aliphatic carbocycles. The van der Waals surface area contributed by atoms with Gasteiger partial charge in [-0.25, -0.2) is 9.97 Å². The number of hydrogen-bond acceptors (Lipinski definition) is 6. The summed E-state index contributed by atoms with van der Waals surface area (Å²) in [6.07, 6.45) is 5.71. The van der Waals surface area contributed by atoms with Crippen molar-refractivity contribution in [1.29, 1.82) is 0 Å². The maximum Gasteiger partial charge on any atom is 0.178 e. The monoisotopic (exact) mass is 590 g/mol. The molecule has 4 atom stereocenters. The fourth-order valence-electron chi connectivity index (χ4n) is 7.88. The molecule has 8 rings (SSSR count). The third kappa shape index (κ3) is 4.16. The lowest BCUT2D eigenvalue weighted by Crippen LogP contribution is -2.52. The van der Waals surface area contributed by atoms with Gasteiger partial charge in [-0.1, -0.05) is 93.2 Å². The predicted molar refractivity (Wildman–Crippen MR) is 186 cm³/mol. The standard InChI is InChI=1S/C39H38N6/c1-5-27-16-10-12-20-32(27)45-36(43(29-17-8-7-9-18-29)38-37(45)40-25-28(6-2)41-38)24-31-26(3)30-19-11-13-21-33(30)44-35-23-15-14-22-34(35)42(4)39(31)44/h5,7-23,25-26,31,36,39H,1,6,24H2,2-4H3. The molecule has 45 heavy (non-hydrogen) atoms. The van der Waals surface area contributed by atoms with E-state index in [0.717, 1.165) is 47.1 Å². The van der Waals surface area contributed by atoms with Crippen LogP contribution in [0.3, 0.4) is 0 Å². The highest BCUT2D eigenvalue weighted by Crippen LogP contribution is 2.56. The van der Waals surface area contributed by atoms with Gasteiger partial charge in [0.15, 0.2) is 11.6 Å². The SMILES string of the molecule is C=Cc1ccccc1N1c2ncc(CC)nc2N(c2ccccc2)C1CC1C(C)c2ccccc2N2c3ccccc3N(C)C12. The van der Waals surface area contributed by atoms with E-state index in [9.17, 15) is 0 Å². The van der Waals surface area contributed by atoms with E-state index in [1.807, 2.05) is 12.3 Å². The fourth-order valence-corrected chi connectivity index (χ4v) is 7.88. The molecule has 0 saturated heterocycles. The Morgan fingerprint density at radius 3 is 2.16 bits per heavy atom. The van der Waals surface area contributed by atoms with Crippen LogP contribution in [0.4, 0.5) is 40.1 Å². The quantitative estimate of drug-likeness (QED) is 0.196. The lowest BCUT2D eigenvalue weighted by molar-refractivity contribution is 0.308. The summed E-state index contributed by atoms with van der Waals surface area (Å²) < 4.78 is 0. The van der Waals surface area contributed by atoms with Gasteiger partial charge in [-0.15, -0.1) is 0 Å². The van der Waals surface area contributed by atoms with Crippen molar-refractivity contribution in [3.63, 3.8) is 0 Å². The first-order valence-corrected chi connectivity index (χ1v) is 16.0. The van der Waals surface area contributed by atoms with Gasteiger partial charge in [0.1, 0.15) is 12.3 Å². The highest BCUT2D eigenvalue weighted by Gasteiger charge is 2.50. The van der Waals surface area contributed by atoms with Crippen LogP contribution in [0.5, 0.6) is 0 Å². The Hall–Kier alpha value is -5.10. The molecule has 6 nitrogen and oxygen atoms in total. The first-order chi connectivity index (χ1) is 22.1. The predicted octanol–water partition coefficient (Wildman–Crippen LogP) is 9.04. The van der Waals surface area contributed by atoms with Gasteiger partial charge in [0.2, 0.25) is 0 Å². The van der Waals surface area contributed by atoms with E-state index < -0.39 is 0 Å². The number of para-hydroxylation sites is 5. The second-order valence-electron chi connectivity index (χ2n) is 12.3. The molecule has 0 spiro atoms. The number of nitrogens with zero attached hydrogens (tertiary/aromatic N) is 6. The first kappa shape index (κ1) is 27.4. The minimum absolute atomic E-state index is 0.0627. The summed E-state index contributed by atoms with van der Waals surface area (Å²) in [7, 11) is 2.26. The van der Waals surface area contributed by atoms with E-state index in [1.54, 1.807) is 0 Å². The Labute approximate surface area is 265 Å². The summed E-state index contributed by atoms with van der Waals surface area (Å²) in [5.41, 5.74) is 9.54. The molecule has 0 amide bonds. The summed E-state index contributed by atoms with van der Waals surface area (Å²) >= 11 is 0. The molecule has 0 fully saturated rings. The molecule has 5 aromatic rings. The Balaban J connectivity index is 1.33. The van der Waals surface area contributed by atoms with Crippen LogP contribution in [0.1, 0.15) is 43.0 Å². The van der Waals surface area contributed by atoms with Crippen LogP contribution in [0, 0.1) is 5.92 Å². The molecule has 3 aliphatic rings. The Morgan fingerprint density at radius 2 is 1.40 bits per heavy atom. The molecule has 3 aliphatic heterocycles. The Morgan fingerprint density at radius 1 is 0.733 bits per heavy atom. The molecule has 4 aromatic carbocycles. The van der Waals surface area contributed by atoms with Crippen LogP contribution in [-0.4, -0.2) is 29.3 Å². The smallest absolute Gasteiger partial charge is 0.178 e. The summed E-state index contributed by atoms with van der Waals surface area (Å²) in [4.78, 5) is 20.3. The third-order valence-corrected chi connectivity index (χ3v) is 10.0. The molecule has 1 aromatic heterocycles. The summed E-state index contributed by atoms with van der Waals surface area (Å²) in [6.45, 7) is 8.75. The van der Waals surface area contributed by atoms with Crippen LogP contribution in [0.15, 0.2) is 116 Å². The van der Waals surface area contributed by atoms with E-state index in [4.69, 9.17) is 9.97 Å². The van der Waals surface area contributed by atoms with E-state index in [1.165, 1.54) is 22.6 Å². The van der Waals surface area contributed by atoms with E-state index in [-0.39, 0.29) is 18.2 Å². The average molecular weight is 591 g/mol. The molecule has 0 radical (unpaired) electrons. The van der Waals surface area contributed by atoms with Crippen molar-refractivity contribution in [2.75, 3.05) is 26.6 Å². The molecule has 0 saturated carbocycles. The van der Waals surface area contributed by atoms with E-state index in [0.29, 0.717) is 5.92 Å². The molecular formula is C39H38N6. The van der Waals surface area contributed by atoms with Gasteiger partial charge in [-0.3, -0.25) is 0 Å². The normalized spacial score (nSPS) is 21.3. The van der Waals surface area contributed by atoms with Gasteiger partial charge in [0.05, 0.1) is 29.0 Å². The van der Waals surface area contributed by atoms with Crippen LogP contribution in [-0.2, 0) is 6.42 Å². The fraction of sp³-hybridized carbons (Fsp3) is 0.231. The third-order valence-electron chi connectivity index (χ3n) is 10.0. The Bertz CT molecular complexity index is 1890. The molecule has 0 bridgehead atoms. The zero-order chi connectivity index (χ0) is 30.7. The molecule has 4 unspecified atom stereocenters. The van der Waals surface area contributed by atoms with Crippen LogP contribution in [0.2, 0.25) is 0 Å². The highest BCUT2D eigenvalue weighted by atomic mass is 15.5. The summed E-state index contributed by atoms with van der Waals surface area (Å²) in [5.74, 6) is 2.41. The summed E-state index contributed by atoms with van der Waals surface area (Å²) in [6, 6.07) is 37.0. The van der Waals surface area contributed by atoms with E-state index in [2.05, 4.69) is 150 Å². The van der Waals surface area contributed by atoms with Crippen molar-refractivity contribution >= 4 is 46.1 Å². The van der Waals surface area contributed by atoms with Gasteiger partial charge in [0, 0.05) is 24.3 Å². The molecular weight excluding hydrogens is 552 g/mol. The molecule has 0 N–H and O–H groups in total. The summed E-state index contributed by atoms with van der Waals surface area (Å²) in [5, 5.41) is 0. The van der Waals surface area contributed by atoms with Gasteiger partial charge < -0.3 is 19.6 Å². The number of benzene rings is 4. The average Bonchev–Trinajstić information content (AvgIpc) is 3.57. The minimum atomic E-state index is -0.0627. The van der Waals surface area contributed by atoms with Crippen LogP contribution in [0.25, 0.3) is 6.08 Å². The van der Waals surface area contributed by atoms with Gasteiger partial charge >= 0.3 is 0 Å². The van der Waals surface area contributed by atoms with Crippen molar-refractivity contribution in [2.24, 2.45) is 5.92 Å². The van der Waals surface area contributed by atoms with Crippen LogP contribution < -0.4 is 19.6 Å². The van der Waals surface area contributed by atoms with E-state index >= 15 is 0 Å². The zero-order valence-corrected chi connectivity index (χ0v) is 26.1. The van der Waals surface area contributed by atoms with Gasteiger partial charge in [-0.2, -0.15) is 0 Å². The highest BCUT2D eigenvalue weighted by molar-refractivity contribution is 5.88. The number of aromatic nitrogens is 2. The number of aryl methyl sites for hydroxylation is 1. The maximum atomic E-state index is 5.25. The number of hydrogen-bond donors (Lipinski definition) is 0. The lowest BCUT2D eigenvalue weighted by Gasteiger charge is -2.47. The van der Waals surface area contributed by atoms with Crippen LogP contribution >= 0.6 is 0 Å². The minimum Gasteiger partial charge on any atom is -0.352 e. The van der Waals surface area contributed by atoms with Crippen molar-refractivity contribution in [2.45, 2.75) is 44.9 Å². The number of fused-ring (bicyclic) bond motifs is 6. The van der Waals surface area contributed by atoms with Crippen molar-refractivity contribution in [3.8, 4) is 0 Å². The molecule has 224 valence electrons. The zero-order valence-electron chi connectivity index (χ0n) is 26.1. The van der Waals surface area contributed by atoms with Gasteiger partial charge in [-0.05, 0) is 66.3 Å². The van der Waals surface area contributed by atoms with Gasteiger partial charge in [0.25, 0.3) is 0 Å². The van der Waals surface area contributed by atoms with Crippen molar-refractivity contribution in [1.82, 2.24) is 9.97 Å². The molecule has 6 heteroatoms. The number of rotatable bonds is 6. The maximum absolute atomic E-state index is 5.25.